The highest BCUT2D eigenvalue weighted by Gasteiger charge is 2.33. The second kappa shape index (κ2) is 8.13. The van der Waals surface area contributed by atoms with Crippen molar-refractivity contribution in [1.82, 2.24) is 4.98 Å². The summed E-state index contributed by atoms with van der Waals surface area (Å²) in [5, 5.41) is 8.83. The standard InChI is InChI=1S/C20H20F2N4O3S2/c21-20(22)8-3-10-26(11-9-20)18-14(12-13-4-1-2-5-15(13)24-18)19(27)25-16-6-7-17(30-16)31(23,28)29/h1-2,4-7,12H,3,8-11H2,(H,25,27)(H2,23,28,29). The van der Waals surface area contributed by atoms with Gasteiger partial charge < -0.3 is 10.2 Å². The van der Waals surface area contributed by atoms with E-state index in [-0.39, 0.29) is 35.6 Å². The van der Waals surface area contributed by atoms with Crippen LogP contribution in [0.2, 0.25) is 0 Å². The fraction of sp³-hybridized carbons (Fsp3) is 0.300. The van der Waals surface area contributed by atoms with Gasteiger partial charge in [-0.2, -0.15) is 0 Å². The fourth-order valence-electron chi connectivity index (χ4n) is 3.51. The molecule has 7 nitrogen and oxygen atoms in total. The first-order chi connectivity index (χ1) is 14.6. The zero-order valence-corrected chi connectivity index (χ0v) is 18.0. The summed E-state index contributed by atoms with van der Waals surface area (Å²) in [7, 11) is -3.88. The minimum Gasteiger partial charge on any atom is -0.356 e. The van der Waals surface area contributed by atoms with Gasteiger partial charge in [-0.3, -0.25) is 4.79 Å². The van der Waals surface area contributed by atoms with Crippen LogP contribution in [-0.4, -0.2) is 38.3 Å². The molecule has 0 saturated carbocycles. The van der Waals surface area contributed by atoms with Gasteiger partial charge in [-0.15, -0.1) is 11.3 Å². The SMILES string of the molecule is NS(=O)(=O)c1ccc(NC(=O)c2cc3ccccc3nc2N2CCCC(F)(F)CC2)s1. The average molecular weight is 467 g/mol. The molecule has 1 saturated heterocycles. The lowest BCUT2D eigenvalue weighted by atomic mass is 10.1. The van der Waals surface area contributed by atoms with E-state index < -0.39 is 21.9 Å². The van der Waals surface area contributed by atoms with Crippen LogP contribution in [0, 0.1) is 0 Å². The molecular weight excluding hydrogens is 446 g/mol. The molecule has 1 fully saturated rings. The molecule has 0 radical (unpaired) electrons. The number of nitrogens with one attached hydrogen (secondary N) is 1. The maximum Gasteiger partial charge on any atom is 0.260 e. The number of benzene rings is 1. The molecule has 1 amide bonds. The highest BCUT2D eigenvalue weighted by Crippen LogP contribution is 2.32. The maximum absolute atomic E-state index is 13.9. The van der Waals surface area contributed by atoms with Gasteiger partial charge in [-0.1, -0.05) is 18.2 Å². The number of anilines is 2. The van der Waals surface area contributed by atoms with Crippen molar-refractivity contribution in [2.45, 2.75) is 29.4 Å². The highest BCUT2D eigenvalue weighted by molar-refractivity contribution is 7.91. The van der Waals surface area contributed by atoms with E-state index in [0.29, 0.717) is 22.9 Å². The number of nitrogens with zero attached hydrogens (tertiary/aromatic N) is 2. The molecule has 2 aromatic heterocycles. The number of aromatic nitrogens is 1. The van der Waals surface area contributed by atoms with Gasteiger partial charge >= 0.3 is 0 Å². The number of para-hydroxylation sites is 1. The lowest BCUT2D eigenvalue weighted by Crippen LogP contribution is -2.29. The molecule has 3 heterocycles. The smallest absolute Gasteiger partial charge is 0.260 e. The predicted molar refractivity (Wildman–Crippen MR) is 116 cm³/mol. The molecule has 3 aromatic rings. The van der Waals surface area contributed by atoms with Gasteiger partial charge in [0.1, 0.15) is 10.0 Å². The van der Waals surface area contributed by atoms with Gasteiger partial charge in [0.05, 0.1) is 16.1 Å². The van der Waals surface area contributed by atoms with Gasteiger partial charge in [0.25, 0.3) is 5.91 Å². The van der Waals surface area contributed by atoms with E-state index in [9.17, 15) is 22.0 Å². The molecule has 31 heavy (non-hydrogen) atoms. The summed E-state index contributed by atoms with van der Waals surface area (Å²) in [5.41, 5.74) is 0.882. The molecule has 0 spiro atoms. The first-order valence-corrected chi connectivity index (χ1v) is 12.0. The largest absolute Gasteiger partial charge is 0.356 e. The minimum atomic E-state index is -3.88. The number of hydrogen-bond acceptors (Lipinski definition) is 6. The number of primary sulfonamides is 1. The molecule has 0 atom stereocenters. The molecule has 4 rings (SSSR count). The van der Waals surface area contributed by atoms with E-state index >= 15 is 0 Å². The second-order valence-electron chi connectivity index (χ2n) is 7.37. The van der Waals surface area contributed by atoms with Crippen LogP contribution in [0.25, 0.3) is 10.9 Å². The Balaban J connectivity index is 1.70. The van der Waals surface area contributed by atoms with Gasteiger partial charge in [0, 0.05) is 31.3 Å². The highest BCUT2D eigenvalue weighted by atomic mass is 32.2. The molecule has 1 aliphatic heterocycles. The number of halogens is 2. The van der Waals surface area contributed by atoms with E-state index in [1.165, 1.54) is 12.1 Å². The van der Waals surface area contributed by atoms with Crippen LogP contribution in [0.1, 0.15) is 29.6 Å². The molecule has 0 aliphatic carbocycles. The summed E-state index contributed by atoms with van der Waals surface area (Å²) in [4.78, 5) is 19.4. The summed E-state index contributed by atoms with van der Waals surface area (Å²) >= 11 is 0.833. The normalized spacial score (nSPS) is 16.8. The third kappa shape index (κ3) is 4.83. The van der Waals surface area contributed by atoms with Crippen molar-refractivity contribution in [3.05, 3.63) is 48.0 Å². The number of amides is 1. The van der Waals surface area contributed by atoms with E-state index in [1.807, 2.05) is 18.2 Å². The van der Waals surface area contributed by atoms with Crippen LogP contribution in [0.3, 0.4) is 0 Å². The lowest BCUT2D eigenvalue weighted by Gasteiger charge is -2.24. The van der Waals surface area contributed by atoms with Crippen molar-refractivity contribution < 1.29 is 22.0 Å². The molecule has 3 N–H and O–H groups in total. The van der Waals surface area contributed by atoms with Crippen molar-refractivity contribution in [1.29, 1.82) is 0 Å². The van der Waals surface area contributed by atoms with Crippen LogP contribution in [0.15, 0.2) is 46.7 Å². The Kier molecular flexibility index (Phi) is 5.67. The molecule has 1 aromatic carbocycles. The summed E-state index contributed by atoms with van der Waals surface area (Å²) < 4.78 is 50.6. The van der Waals surface area contributed by atoms with Crippen LogP contribution in [0.4, 0.5) is 19.6 Å². The summed E-state index contributed by atoms with van der Waals surface area (Å²) in [6.45, 7) is 0.433. The van der Waals surface area contributed by atoms with Gasteiger partial charge in [-0.25, -0.2) is 27.3 Å². The van der Waals surface area contributed by atoms with E-state index in [4.69, 9.17) is 5.14 Å². The molecule has 164 valence electrons. The number of carbonyl (C=O) groups excluding carboxylic acids is 1. The van der Waals surface area contributed by atoms with E-state index in [1.54, 1.807) is 17.0 Å². The number of hydrogen-bond donors (Lipinski definition) is 2. The average Bonchev–Trinajstić information content (AvgIpc) is 3.11. The Morgan fingerprint density at radius 2 is 1.94 bits per heavy atom. The number of alkyl halides is 2. The van der Waals surface area contributed by atoms with Crippen molar-refractivity contribution in [2.24, 2.45) is 5.14 Å². The zero-order chi connectivity index (χ0) is 22.2. The summed E-state index contributed by atoms with van der Waals surface area (Å²) in [6, 6.07) is 11.7. The van der Waals surface area contributed by atoms with Crippen molar-refractivity contribution >= 4 is 49.0 Å². The van der Waals surface area contributed by atoms with Crippen LogP contribution in [-0.2, 0) is 10.0 Å². The Bertz CT molecular complexity index is 1240. The monoisotopic (exact) mass is 466 g/mol. The van der Waals surface area contributed by atoms with Crippen molar-refractivity contribution in [3.8, 4) is 0 Å². The zero-order valence-electron chi connectivity index (χ0n) is 16.3. The number of sulfonamides is 1. The summed E-state index contributed by atoms with van der Waals surface area (Å²) in [5.74, 6) is -2.92. The Morgan fingerprint density at radius 1 is 1.16 bits per heavy atom. The Morgan fingerprint density at radius 3 is 2.68 bits per heavy atom. The third-order valence-corrected chi connectivity index (χ3v) is 7.50. The van der Waals surface area contributed by atoms with Gasteiger partial charge in [0.15, 0.2) is 0 Å². The quantitative estimate of drug-likeness (QED) is 0.608. The number of nitrogens with two attached hydrogens (primary N) is 1. The number of rotatable bonds is 4. The molecule has 0 unspecified atom stereocenters. The van der Waals surface area contributed by atoms with E-state index in [2.05, 4.69) is 10.3 Å². The lowest BCUT2D eigenvalue weighted by molar-refractivity contribution is -0.0102. The van der Waals surface area contributed by atoms with Crippen molar-refractivity contribution in [3.63, 3.8) is 0 Å². The summed E-state index contributed by atoms with van der Waals surface area (Å²) in [6.07, 6.45) is -0.236. The van der Waals surface area contributed by atoms with Crippen LogP contribution < -0.4 is 15.4 Å². The molecular formula is C20H20F2N4O3S2. The van der Waals surface area contributed by atoms with E-state index in [0.717, 1.165) is 16.7 Å². The minimum absolute atomic E-state index is 0.0746. The van der Waals surface area contributed by atoms with Crippen LogP contribution >= 0.6 is 11.3 Å². The first kappa shape index (κ1) is 21.6. The van der Waals surface area contributed by atoms with Gasteiger partial charge in [-0.05, 0) is 30.7 Å². The van der Waals surface area contributed by atoms with Crippen LogP contribution in [0.5, 0.6) is 0 Å². The topological polar surface area (TPSA) is 105 Å². The second-order valence-corrected chi connectivity index (χ2v) is 10.2. The number of pyridine rings is 1. The maximum atomic E-state index is 13.9. The Labute approximate surface area is 181 Å². The number of carbonyl (C=O) groups is 1. The molecule has 11 heteroatoms. The van der Waals surface area contributed by atoms with Gasteiger partial charge in [0.2, 0.25) is 15.9 Å². The molecule has 0 bridgehead atoms. The molecule has 1 aliphatic rings. The Hall–Kier alpha value is -2.63. The third-order valence-electron chi connectivity index (χ3n) is 5.06. The first-order valence-electron chi connectivity index (χ1n) is 9.59. The number of thiophene rings is 1. The number of fused-ring (bicyclic) bond motifs is 1. The fourth-order valence-corrected chi connectivity index (χ4v) is 5.13. The predicted octanol–water partition coefficient (Wildman–Crippen LogP) is 3.82. The van der Waals surface area contributed by atoms with Crippen molar-refractivity contribution in [2.75, 3.05) is 23.3 Å².